The van der Waals surface area contributed by atoms with Crippen molar-refractivity contribution in [3.05, 3.63) is 81.9 Å². The lowest BCUT2D eigenvalue weighted by Crippen LogP contribution is -2.29. The van der Waals surface area contributed by atoms with Crippen LogP contribution in [0.4, 0.5) is 5.13 Å². The van der Waals surface area contributed by atoms with Crippen LogP contribution in [0.25, 0.3) is 16.0 Å². The maximum Gasteiger partial charge on any atom is 0.301 e. The summed E-state index contributed by atoms with van der Waals surface area (Å²) in [5.41, 5.74) is 4.54. The lowest BCUT2D eigenvalue weighted by atomic mass is 9.94. The minimum Gasteiger partial charge on any atom is -0.507 e. The number of thiazole rings is 1. The van der Waals surface area contributed by atoms with Gasteiger partial charge < -0.3 is 19.7 Å². The summed E-state index contributed by atoms with van der Waals surface area (Å²) >= 11 is 1.31. The summed E-state index contributed by atoms with van der Waals surface area (Å²) in [7, 11) is 0. The van der Waals surface area contributed by atoms with Gasteiger partial charge in [-0.1, -0.05) is 23.5 Å². The number of ketones is 1. The van der Waals surface area contributed by atoms with E-state index in [1.807, 2.05) is 32.9 Å². The number of carbonyl (C=O) groups is 2. The fraction of sp³-hybridized carbons (Fsp3) is 0.258. The van der Waals surface area contributed by atoms with Crippen LogP contribution >= 0.6 is 11.3 Å². The zero-order valence-corrected chi connectivity index (χ0v) is 23.3. The van der Waals surface area contributed by atoms with Crippen LogP contribution in [0.2, 0.25) is 0 Å². The Balaban J connectivity index is 1.56. The molecular weight excluding hydrogens is 528 g/mol. The molecule has 40 heavy (non-hydrogen) atoms. The average Bonchev–Trinajstić information content (AvgIpc) is 3.57. The summed E-state index contributed by atoms with van der Waals surface area (Å²) in [6, 6.07) is 12.9. The van der Waals surface area contributed by atoms with Crippen molar-refractivity contribution in [3.63, 3.8) is 0 Å². The number of aryl methyl sites for hydroxylation is 2. The summed E-state index contributed by atoms with van der Waals surface area (Å²) in [6.07, 6.45) is 0.687. The molecule has 0 saturated carbocycles. The van der Waals surface area contributed by atoms with E-state index in [2.05, 4.69) is 0 Å². The highest BCUT2D eigenvalue weighted by molar-refractivity contribution is 7.22. The first kappa shape index (κ1) is 25.9. The van der Waals surface area contributed by atoms with Crippen LogP contribution in [0, 0.1) is 13.8 Å². The summed E-state index contributed by atoms with van der Waals surface area (Å²) in [6.45, 7) is 8.02. The number of anilines is 1. The van der Waals surface area contributed by atoms with E-state index >= 15 is 0 Å². The molecule has 6 rings (SSSR count). The van der Waals surface area contributed by atoms with Gasteiger partial charge in [-0.05, 0) is 86.3 Å². The number of nitrogens with zero attached hydrogens (tertiary/aromatic N) is 2. The molecule has 2 N–H and O–H groups in total. The zero-order chi connectivity index (χ0) is 28.3. The van der Waals surface area contributed by atoms with Gasteiger partial charge in [-0.15, -0.1) is 0 Å². The van der Waals surface area contributed by atoms with Crippen molar-refractivity contribution in [2.75, 3.05) is 11.5 Å². The maximum atomic E-state index is 13.7. The predicted molar refractivity (Wildman–Crippen MR) is 153 cm³/mol. The number of aromatic nitrogens is 1. The standard InChI is InChI=1S/C31H28N2O6S/c1-5-38-23-14-18(6-8-21(23)34)27-25(28(35)19-7-9-22-20(13-19)12-17(4)39-22)29(36)30(37)33(27)31-32-26-16(3)10-15(2)11-24(26)40-31/h6-11,13-14,17,27,34-35H,5,12H2,1-4H3/t17-,27-/m0/s1. The molecule has 0 unspecified atom stereocenters. The molecular formula is C31H28N2O6S. The van der Waals surface area contributed by atoms with Crippen LogP contribution < -0.4 is 14.4 Å². The number of aliphatic hydroxyl groups excluding tert-OH is 1. The molecule has 1 amide bonds. The second-order valence-electron chi connectivity index (χ2n) is 10.2. The van der Waals surface area contributed by atoms with Crippen LogP contribution in [0.1, 0.15) is 47.7 Å². The van der Waals surface area contributed by atoms with Gasteiger partial charge in [0.1, 0.15) is 17.6 Å². The van der Waals surface area contributed by atoms with Gasteiger partial charge in [-0.2, -0.15) is 0 Å². The number of hydrogen-bond donors (Lipinski definition) is 2. The first-order valence-electron chi connectivity index (χ1n) is 13.1. The van der Waals surface area contributed by atoms with Crippen molar-refractivity contribution in [2.24, 2.45) is 0 Å². The van der Waals surface area contributed by atoms with Gasteiger partial charge in [0.25, 0.3) is 5.78 Å². The van der Waals surface area contributed by atoms with Crippen molar-refractivity contribution in [3.8, 4) is 17.2 Å². The van der Waals surface area contributed by atoms with Crippen LogP contribution in [0.3, 0.4) is 0 Å². The fourth-order valence-corrected chi connectivity index (χ4v) is 6.67. The molecule has 1 fully saturated rings. The van der Waals surface area contributed by atoms with E-state index in [1.54, 1.807) is 37.3 Å². The minimum atomic E-state index is -0.995. The normalized spacial score (nSPS) is 19.8. The molecule has 1 aromatic heterocycles. The number of ether oxygens (including phenoxy) is 2. The average molecular weight is 557 g/mol. The summed E-state index contributed by atoms with van der Waals surface area (Å²) < 4.78 is 12.3. The summed E-state index contributed by atoms with van der Waals surface area (Å²) in [5.74, 6) is -1.00. The van der Waals surface area contributed by atoms with Gasteiger partial charge in [0.15, 0.2) is 16.6 Å². The van der Waals surface area contributed by atoms with Gasteiger partial charge >= 0.3 is 5.91 Å². The number of phenolic OH excluding ortho intramolecular Hbond substituents is 1. The second kappa shape index (κ2) is 9.67. The van der Waals surface area contributed by atoms with Gasteiger partial charge in [-0.3, -0.25) is 14.5 Å². The van der Waals surface area contributed by atoms with Crippen LogP contribution in [-0.2, 0) is 16.0 Å². The molecule has 3 heterocycles. The number of aromatic hydroxyl groups is 1. The Morgan fingerprint density at radius 2 is 1.95 bits per heavy atom. The highest BCUT2D eigenvalue weighted by Gasteiger charge is 2.48. The highest BCUT2D eigenvalue weighted by atomic mass is 32.1. The summed E-state index contributed by atoms with van der Waals surface area (Å²) in [4.78, 5) is 33.4. The first-order valence-corrected chi connectivity index (χ1v) is 13.9. The van der Waals surface area contributed by atoms with Crippen molar-refractivity contribution in [1.29, 1.82) is 0 Å². The Kier molecular flexibility index (Phi) is 6.26. The number of aliphatic hydroxyl groups is 1. The Hall–Kier alpha value is -4.37. The number of hydrogen-bond acceptors (Lipinski definition) is 8. The topological polar surface area (TPSA) is 109 Å². The smallest absolute Gasteiger partial charge is 0.301 e. The quantitative estimate of drug-likeness (QED) is 0.177. The van der Waals surface area contributed by atoms with Gasteiger partial charge in [-0.25, -0.2) is 4.98 Å². The Morgan fingerprint density at radius 3 is 2.73 bits per heavy atom. The fourth-order valence-electron chi connectivity index (χ4n) is 5.50. The molecule has 0 aliphatic carbocycles. The Bertz CT molecular complexity index is 1740. The SMILES string of the molecule is CCOc1cc([C@H]2C(=C(O)c3ccc4c(c3)C[C@H](C)O4)C(=O)C(=O)N2c2nc3c(C)cc(C)cc3s2)ccc1O. The number of carbonyl (C=O) groups excluding carboxylic acids is 2. The first-order chi connectivity index (χ1) is 19.2. The van der Waals surface area contributed by atoms with E-state index in [-0.39, 0.29) is 28.9 Å². The highest BCUT2D eigenvalue weighted by Crippen LogP contribution is 2.46. The lowest BCUT2D eigenvalue weighted by Gasteiger charge is -2.23. The summed E-state index contributed by atoms with van der Waals surface area (Å²) in [5, 5.41) is 22.3. The van der Waals surface area contributed by atoms with E-state index in [0.29, 0.717) is 29.3 Å². The Morgan fingerprint density at radius 1 is 1.15 bits per heavy atom. The predicted octanol–water partition coefficient (Wildman–Crippen LogP) is 5.97. The van der Waals surface area contributed by atoms with E-state index in [0.717, 1.165) is 32.7 Å². The third-order valence-electron chi connectivity index (χ3n) is 7.24. The van der Waals surface area contributed by atoms with Gasteiger partial charge in [0, 0.05) is 12.0 Å². The van der Waals surface area contributed by atoms with Gasteiger partial charge in [0.2, 0.25) is 0 Å². The number of rotatable bonds is 5. The molecule has 9 heteroatoms. The number of Topliss-reactive ketones (excluding diaryl/α,β-unsaturated/α-hetero) is 1. The molecule has 8 nitrogen and oxygen atoms in total. The monoisotopic (exact) mass is 556 g/mol. The van der Waals surface area contributed by atoms with E-state index in [9.17, 15) is 19.8 Å². The van der Waals surface area contributed by atoms with Crippen LogP contribution in [-0.4, -0.2) is 39.6 Å². The molecule has 0 bridgehead atoms. The lowest BCUT2D eigenvalue weighted by molar-refractivity contribution is -0.132. The third-order valence-corrected chi connectivity index (χ3v) is 8.24. The number of phenols is 1. The van der Waals surface area contributed by atoms with Crippen molar-refractivity contribution in [1.82, 2.24) is 4.98 Å². The zero-order valence-electron chi connectivity index (χ0n) is 22.5. The number of fused-ring (bicyclic) bond motifs is 2. The molecule has 1 saturated heterocycles. The van der Waals surface area contributed by atoms with E-state index in [1.165, 1.54) is 22.3 Å². The van der Waals surface area contributed by atoms with Crippen LogP contribution in [0.5, 0.6) is 17.2 Å². The van der Waals surface area contributed by atoms with E-state index < -0.39 is 17.7 Å². The molecule has 0 spiro atoms. The van der Waals surface area contributed by atoms with Crippen molar-refractivity contribution in [2.45, 2.75) is 46.3 Å². The molecule has 204 valence electrons. The van der Waals surface area contributed by atoms with E-state index in [4.69, 9.17) is 14.5 Å². The molecule has 4 aromatic rings. The van der Waals surface area contributed by atoms with Crippen molar-refractivity contribution >= 4 is 44.1 Å². The Labute approximate surface area is 235 Å². The minimum absolute atomic E-state index is 0.0121. The van der Waals surface area contributed by atoms with Crippen LogP contribution in [0.15, 0.2) is 54.1 Å². The molecule has 2 aliphatic rings. The number of benzene rings is 3. The molecule has 2 aliphatic heterocycles. The largest absolute Gasteiger partial charge is 0.507 e. The second-order valence-corrected chi connectivity index (χ2v) is 11.2. The maximum absolute atomic E-state index is 13.7. The molecule has 0 radical (unpaired) electrons. The third kappa shape index (κ3) is 4.17. The molecule has 2 atom stereocenters. The van der Waals surface area contributed by atoms with Crippen molar-refractivity contribution < 1.29 is 29.3 Å². The number of amides is 1. The molecule has 3 aromatic carbocycles. The van der Waals surface area contributed by atoms with Gasteiger partial charge in [0.05, 0.1) is 28.4 Å².